The molecule has 206 valence electrons. The molecule has 0 unspecified atom stereocenters. The molecule has 3 heterocycles. The molecule has 10 heteroatoms. The van der Waals surface area contributed by atoms with Crippen LogP contribution < -0.4 is 15.8 Å². The van der Waals surface area contributed by atoms with E-state index in [1.165, 1.54) is 18.2 Å². The summed E-state index contributed by atoms with van der Waals surface area (Å²) in [5, 5.41) is 2.88. The van der Waals surface area contributed by atoms with Gasteiger partial charge in [0.05, 0.1) is 31.2 Å². The highest BCUT2D eigenvalue weighted by Gasteiger charge is 2.43. The maximum atomic E-state index is 15.1. The van der Waals surface area contributed by atoms with Gasteiger partial charge in [-0.05, 0) is 86.2 Å². The quantitative estimate of drug-likeness (QED) is 0.382. The van der Waals surface area contributed by atoms with Crippen molar-refractivity contribution in [1.29, 1.82) is 0 Å². The third kappa shape index (κ3) is 5.48. The Morgan fingerprint density at radius 2 is 1.92 bits per heavy atom. The lowest BCUT2D eigenvalue weighted by Gasteiger charge is -2.45. The van der Waals surface area contributed by atoms with Crippen LogP contribution in [0.25, 0.3) is 11.3 Å². The Morgan fingerprint density at radius 1 is 1.13 bits per heavy atom. The molecule has 1 aliphatic heterocycles. The highest BCUT2D eigenvalue weighted by atomic mass is 31.2. The van der Waals surface area contributed by atoms with E-state index in [0.717, 1.165) is 18.1 Å². The number of carbonyl (C=O) groups is 1. The minimum Gasteiger partial charge on any atom is -0.493 e. The van der Waals surface area contributed by atoms with Gasteiger partial charge in [0, 0.05) is 17.9 Å². The number of hydrogen-bond acceptors (Lipinski definition) is 6. The van der Waals surface area contributed by atoms with Crippen molar-refractivity contribution < 1.29 is 22.9 Å². The van der Waals surface area contributed by atoms with Gasteiger partial charge >= 0.3 is 0 Å². The first-order valence-electron chi connectivity index (χ1n) is 13.2. The molecule has 1 fully saturated rings. The molecule has 0 radical (unpaired) electrons. The number of nitrogens with zero attached hydrogens (tertiary/aromatic N) is 2. The minimum atomic E-state index is -2.45. The fraction of sp³-hybridized carbons (Fsp3) is 0.414. The summed E-state index contributed by atoms with van der Waals surface area (Å²) in [5.74, 6) is -1.85. The highest BCUT2D eigenvalue weighted by Crippen LogP contribution is 2.53. The SMILES string of the molecule is C[C@H]([C@H]1[C@H]2CCOc3cccc(F)c3-c3nc(ccc3F)C(=O)Nc3cnccc3[C@H](C2)C[C@H]1N)P(C)(C)=O. The molecule has 5 rings (SSSR count). The van der Waals surface area contributed by atoms with Crippen molar-refractivity contribution in [3.05, 3.63) is 71.7 Å². The fourth-order valence-corrected chi connectivity index (χ4v) is 7.45. The van der Waals surface area contributed by atoms with Crippen LogP contribution in [0.5, 0.6) is 5.75 Å². The summed E-state index contributed by atoms with van der Waals surface area (Å²) in [5.41, 5.74) is 7.61. The number of amides is 1. The van der Waals surface area contributed by atoms with Crippen molar-refractivity contribution in [2.24, 2.45) is 17.6 Å². The molecule has 5 atom stereocenters. The Kier molecular flexibility index (Phi) is 7.57. The molecule has 3 aromatic rings. The molecule has 2 aromatic heterocycles. The van der Waals surface area contributed by atoms with Crippen molar-refractivity contribution in [3.63, 3.8) is 0 Å². The number of rotatable bonds is 2. The first kappa shape index (κ1) is 27.4. The first-order chi connectivity index (χ1) is 18.5. The van der Waals surface area contributed by atoms with Gasteiger partial charge in [-0.25, -0.2) is 13.8 Å². The van der Waals surface area contributed by atoms with Crippen LogP contribution in [0.2, 0.25) is 0 Å². The normalized spacial score (nSPS) is 24.2. The van der Waals surface area contributed by atoms with E-state index < -0.39 is 24.7 Å². The number of nitrogens with two attached hydrogens (primary N) is 1. The van der Waals surface area contributed by atoms with Crippen molar-refractivity contribution in [1.82, 2.24) is 9.97 Å². The van der Waals surface area contributed by atoms with Crippen molar-refractivity contribution >= 4 is 18.7 Å². The Bertz CT molecular complexity index is 1450. The standard InChI is InChI=1S/C29H33F2N4O3P/c1-16(39(2,3)37)26-17-10-12-38-25-6-4-5-20(30)27(25)28-21(31)7-8-23(34-28)29(36)35-24-15-33-11-9-19(24)18(13-17)14-22(26)32/h4-9,11,15-18,22,26H,10,12-14,32H2,1-3H3,(H,35,36)/t16-,17+,18-,22-,26+/m1/s1. The molecule has 4 bridgehead atoms. The van der Waals surface area contributed by atoms with E-state index in [-0.39, 0.29) is 58.8 Å². The second-order valence-electron chi connectivity index (χ2n) is 11.0. The zero-order valence-corrected chi connectivity index (χ0v) is 23.1. The lowest BCUT2D eigenvalue weighted by Crippen LogP contribution is -2.46. The molecule has 2 aliphatic rings. The molecule has 1 aliphatic carbocycles. The van der Waals surface area contributed by atoms with Gasteiger partial charge in [0.1, 0.15) is 28.8 Å². The van der Waals surface area contributed by atoms with Crippen molar-refractivity contribution in [2.75, 3.05) is 25.3 Å². The predicted molar refractivity (Wildman–Crippen MR) is 148 cm³/mol. The van der Waals surface area contributed by atoms with Gasteiger partial charge in [-0.1, -0.05) is 13.0 Å². The number of nitrogens with one attached hydrogen (secondary N) is 1. The third-order valence-corrected chi connectivity index (χ3v) is 10.6. The number of carbonyl (C=O) groups excluding carboxylic acids is 1. The van der Waals surface area contributed by atoms with E-state index in [2.05, 4.69) is 15.3 Å². The molecule has 1 saturated carbocycles. The molecule has 1 amide bonds. The van der Waals surface area contributed by atoms with Crippen molar-refractivity contribution in [3.8, 4) is 17.0 Å². The maximum Gasteiger partial charge on any atom is 0.274 e. The van der Waals surface area contributed by atoms with Crippen LogP contribution in [-0.4, -0.2) is 47.5 Å². The second kappa shape index (κ2) is 10.8. The number of halogens is 2. The monoisotopic (exact) mass is 554 g/mol. The second-order valence-corrected chi connectivity index (χ2v) is 14.7. The lowest BCUT2D eigenvalue weighted by atomic mass is 9.67. The lowest BCUT2D eigenvalue weighted by molar-refractivity contribution is 0.102. The fourth-order valence-electron chi connectivity index (χ4n) is 6.16. The average Bonchev–Trinajstić information content (AvgIpc) is 2.88. The molecular weight excluding hydrogens is 521 g/mol. The molecular formula is C29H33F2N4O3P. The zero-order valence-electron chi connectivity index (χ0n) is 22.2. The maximum absolute atomic E-state index is 15.1. The van der Waals surface area contributed by atoms with Gasteiger partial charge in [0.2, 0.25) is 0 Å². The predicted octanol–water partition coefficient (Wildman–Crippen LogP) is 5.90. The smallest absolute Gasteiger partial charge is 0.274 e. The highest BCUT2D eigenvalue weighted by molar-refractivity contribution is 7.63. The van der Waals surface area contributed by atoms with Gasteiger partial charge in [0.15, 0.2) is 0 Å². The molecule has 7 nitrogen and oxygen atoms in total. The first-order valence-corrected chi connectivity index (χ1v) is 15.9. The third-order valence-electron chi connectivity index (χ3n) is 8.30. The van der Waals surface area contributed by atoms with Gasteiger partial charge < -0.3 is 20.4 Å². The van der Waals surface area contributed by atoms with E-state index in [1.54, 1.807) is 31.8 Å². The molecule has 3 N–H and O–H groups in total. The molecule has 1 aromatic carbocycles. The van der Waals surface area contributed by atoms with Crippen LogP contribution >= 0.6 is 7.14 Å². The number of benzene rings is 1. The Labute approximate surface area is 227 Å². The van der Waals surface area contributed by atoms with E-state index in [1.807, 2.05) is 13.0 Å². The zero-order chi connectivity index (χ0) is 27.9. The van der Waals surface area contributed by atoms with Crippen LogP contribution in [0, 0.1) is 23.5 Å². The summed E-state index contributed by atoms with van der Waals surface area (Å²) in [6.45, 7) is 5.82. The summed E-state index contributed by atoms with van der Waals surface area (Å²) in [6.07, 6.45) is 5.24. The van der Waals surface area contributed by atoms with Crippen LogP contribution in [-0.2, 0) is 4.57 Å². The van der Waals surface area contributed by atoms with Gasteiger partial charge in [-0.2, -0.15) is 0 Å². The Balaban J connectivity index is 1.63. The van der Waals surface area contributed by atoms with Gasteiger partial charge in [0.25, 0.3) is 5.91 Å². The minimum absolute atomic E-state index is 0.0117. The summed E-state index contributed by atoms with van der Waals surface area (Å²) >= 11 is 0. The average molecular weight is 555 g/mol. The molecule has 0 spiro atoms. The summed E-state index contributed by atoms with van der Waals surface area (Å²) in [4.78, 5) is 21.7. The molecule has 0 saturated heterocycles. The number of pyridine rings is 2. The molecule has 39 heavy (non-hydrogen) atoms. The Morgan fingerprint density at radius 3 is 2.69 bits per heavy atom. The van der Waals surface area contributed by atoms with Gasteiger partial charge in [-0.15, -0.1) is 0 Å². The number of aromatic nitrogens is 2. The number of hydrogen-bond donors (Lipinski definition) is 2. The van der Waals surface area contributed by atoms with Gasteiger partial charge in [-0.3, -0.25) is 9.78 Å². The number of ether oxygens (including phenoxy) is 1. The van der Waals surface area contributed by atoms with E-state index in [0.29, 0.717) is 18.5 Å². The summed E-state index contributed by atoms with van der Waals surface area (Å²) in [6, 6.07) is 8.27. The topological polar surface area (TPSA) is 107 Å². The number of fused-ring (bicyclic) bond motifs is 8. The summed E-state index contributed by atoms with van der Waals surface area (Å²) < 4.78 is 49.3. The largest absolute Gasteiger partial charge is 0.493 e. The van der Waals surface area contributed by atoms with Crippen LogP contribution in [0.15, 0.2) is 48.8 Å². The number of anilines is 1. The van der Waals surface area contributed by atoms with Crippen LogP contribution in [0.1, 0.15) is 48.2 Å². The summed E-state index contributed by atoms with van der Waals surface area (Å²) in [7, 11) is -2.45. The van der Waals surface area contributed by atoms with E-state index in [9.17, 15) is 13.8 Å². The van der Waals surface area contributed by atoms with E-state index >= 15 is 4.39 Å². The Hall–Kier alpha value is -3.16. The van der Waals surface area contributed by atoms with Crippen LogP contribution in [0.4, 0.5) is 14.5 Å². The van der Waals surface area contributed by atoms with Crippen molar-refractivity contribution in [2.45, 2.75) is 43.8 Å². The van der Waals surface area contributed by atoms with E-state index in [4.69, 9.17) is 10.5 Å². The van der Waals surface area contributed by atoms with Crippen LogP contribution in [0.3, 0.4) is 0 Å².